The molecule has 6 nitrogen and oxygen atoms in total. The lowest BCUT2D eigenvalue weighted by atomic mass is 9.44. The summed E-state index contributed by atoms with van der Waals surface area (Å²) in [6.07, 6.45) is 8.87. The first-order valence-electron chi connectivity index (χ1n) is 13.5. The highest BCUT2D eigenvalue weighted by atomic mass is 32.1. The lowest BCUT2D eigenvalue weighted by Crippen LogP contribution is -2.58. The van der Waals surface area contributed by atoms with Crippen molar-refractivity contribution in [3.63, 3.8) is 0 Å². The highest BCUT2D eigenvalue weighted by Gasteiger charge is 2.62. The molecule has 4 rings (SSSR count). The van der Waals surface area contributed by atoms with Crippen molar-refractivity contribution in [2.45, 2.75) is 103 Å². The fourth-order valence-corrected chi connectivity index (χ4v) is 9.51. The number of carbonyl (C=O) groups excluding carboxylic acids is 1. The van der Waals surface area contributed by atoms with E-state index in [2.05, 4.69) is 38.7 Å². The van der Waals surface area contributed by atoms with Gasteiger partial charge < -0.3 is 20.6 Å². The number of carbonyl (C=O) groups is 2. The third kappa shape index (κ3) is 4.54. The summed E-state index contributed by atoms with van der Waals surface area (Å²) < 4.78 is 0. The Morgan fingerprint density at radius 1 is 1.00 bits per heavy atom. The smallest absolute Gasteiger partial charge is 0.327 e. The number of nitrogens with one attached hydrogen (secondary N) is 1. The monoisotopic (exact) mass is 495 g/mol. The maximum atomic E-state index is 12.4. The molecule has 4 saturated carbocycles. The Bertz CT molecular complexity index is 778. The van der Waals surface area contributed by atoms with E-state index in [0.717, 1.165) is 32.1 Å². The summed E-state index contributed by atoms with van der Waals surface area (Å²) in [4.78, 5) is 23.5. The number of amides is 1. The van der Waals surface area contributed by atoms with Crippen molar-refractivity contribution in [3.8, 4) is 0 Å². The van der Waals surface area contributed by atoms with Gasteiger partial charge in [-0.1, -0.05) is 20.8 Å². The quantitative estimate of drug-likeness (QED) is 0.345. The maximum absolute atomic E-state index is 12.4. The minimum absolute atomic E-state index is 0.0894. The van der Waals surface area contributed by atoms with Crippen molar-refractivity contribution in [1.82, 2.24) is 5.32 Å². The zero-order valence-electron chi connectivity index (χ0n) is 21.1. The summed E-state index contributed by atoms with van der Waals surface area (Å²) in [5.41, 5.74) is 0.376. The summed E-state index contributed by atoms with van der Waals surface area (Å²) in [6, 6.07) is -0.932. The van der Waals surface area contributed by atoms with E-state index >= 15 is 0 Å². The summed E-state index contributed by atoms with van der Waals surface area (Å²) in [6.45, 7) is 7.13. The van der Waals surface area contributed by atoms with Crippen molar-refractivity contribution in [2.75, 3.05) is 5.75 Å². The highest BCUT2D eigenvalue weighted by molar-refractivity contribution is 7.80. The van der Waals surface area contributed by atoms with E-state index in [9.17, 15) is 19.8 Å². The summed E-state index contributed by atoms with van der Waals surface area (Å²) in [5, 5.41) is 33.2. The van der Waals surface area contributed by atoms with E-state index in [1.54, 1.807) is 0 Å². The van der Waals surface area contributed by atoms with Crippen LogP contribution in [0.2, 0.25) is 0 Å². The number of aliphatic hydroxyl groups excluding tert-OH is 2. The minimum atomic E-state index is -1.04. The van der Waals surface area contributed by atoms with Gasteiger partial charge in [-0.05, 0) is 104 Å². The lowest BCUT2D eigenvalue weighted by Gasteiger charge is -2.62. The Kier molecular flexibility index (Phi) is 7.67. The van der Waals surface area contributed by atoms with Crippen molar-refractivity contribution >= 4 is 24.5 Å². The molecule has 0 heterocycles. The molecule has 34 heavy (non-hydrogen) atoms. The van der Waals surface area contributed by atoms with Crippen LogP contribution in [0.3, 0.4) is 0 Å². The number of carboxylic acids is 1. The van der Waals surface area contributed by atoms with Gasteiger partial charge in [0.1, 0.15) is 6.04 Å². The second-order valence-corrected chi connectivity index (χ2v) is 13.0. The summed E-state index contributed by atoms with van der Waals surface area (Å²) in [7, 11) is 0. The lowest BCUT2D eigenvalue weighted by molar-refractivity contribution is -0.172. The van der Waals surface area contributed by atoms with Gasteiger partial charge in [-0.2, -0.15) is 12.6 Å². The van der Waals surface area contributed by atoms with E-state index in [1.165, 1.54) is 25.7 Å². The zero-order valence-corrected chi connectivity index (χ0v) is 22.0. The van der Waals surface area contributed by atoms with E-state index in [-0.39, 0.29) is 40.6 Å². The zero-order chi connectivity index (χ0) is 24.8. The standard InChI is InChI=1S/C27H45NO5S/c1-15(4-7-24(31)28-22(14-34)25(32)33)18-5-6-19-17-13-23(30)21-12-16(29)8-10-27(21,3)20(17)9-11-26(18,19)2/h15-23,29-30,34H,4-14H2,1-3H3,(H,28,31)(H,32,33). The van der Waals surface area contributed by atoms with Gasteiger partial charge in [0.25, 0.3) is 0 Å². The number of fused-ring (bicyclic) bond motifs is 5. The molecular formula is C27H45NO5S. The molecule has 0 aromatic carbocycles. The molecule has 4 aliphatic carbocycles. The normalized spacial score (nSPS) is 45.4. The SMILES string of the molecule is CC(CCC(=O)NC(CS)C(=O)O)C1CCC2C3CC(O)C4CC(O)CCC4(C)C3CCC12C. The fourth-order valence-electron chi connectivity index (χ4n) is 9.27. The number of aliphatic hydroxyl groups is 2. The third-order valence-electron chi connectivity index (χ3n) is 11.1. The molecule has 7 heteroatoms. The van der Waals surface area contributed by atoms with Crippen LogP contribution >= 0.6 is 12.6 Å². The number of aliphatic carboxylic acids is 1. The minimum Gasteiger partial charge on any atom is -0.480 e. The van der Waals surface area contributed by atoms with Gasteiger partial charge in [-0.3, -0.25) is 4.79 Å². The Morgan fingerprint density at radius 2 is 1.68 bits per heavy atom. The van der Waals surface area contributed by atoms with E-state index < -0.39 is 12.0 Å². The molecule has 11 atom stereocenters. The highest BCUT2D eigenvalue weighted by Crippen LogP contribution is 2.68. The van der Waals surface area contributed by atoms with E-state index in [4.69, 9.17) is 5.11 Å². The van der Waals surface area contributed by atoms with Crippen molar-refractivity contribution in [3.05, 3.63) is 0 Å². The Balaban J connectivity index is 1.41. The third-order valence-corrected chi connectivity index (χ3v) is 11.4. The molecule has 1 amide bonds. The maximum Gasteiger partial charge on any atom is 0.327 e. The van der Waals surface area contributed by atoms with Gasteiger partial charge >= 0.3 is 5.97 Å². The van der Waals surface area contributed by atoms with Crippen LogP contribution in [0.1, 0.15) is 85.0 Å². The van der Waals surface area contributed by atoms with Crippen LogP contribution < -0.4 is 5.32 Å². The van der Waals surface area contributed by atoms with Crippen molar-refractivity contribution < 1.29 is 24.9 Å². The van der Waals surface area contributed by atoms with E-state index in [1.807, 2.05) is 0 Å². The van der Waals surface area contributed by atoms with Crippen molar-refractivity contribution in [1.29, 1.82) is 0 Å². The topological polar surface area (TPSA) is 107 Å². The molecule has 4 fully saturated rings. The summed E-state index contributed by atoms with van der Waals surface area (Å²) >= 11 is 4.03. The fraction of sp³-hybridized carbons (Fsp3) is 0.926. The predicted octanol–water partition coefficient (Wildman–Crippen LogP) is 3.89. The van der Waals surface area contributed by atoms with Gasteiger partial charge in [0, 0.05) is 12.2 Å². The Morgan fingerprint density at radius 3 is 2.35 bits per heavy atom. The van der Waals surface area contributed by atoms with Crippen LogP contribution in [-0.4, -0.2) is 51.2 Å². The first kappa shape index (κ1) is 26.3. The molecule has 0 saturated heterocycles. The second kappa shape index (κ2) is 9.93. The average Bonchev–Trinajstić information content (AvgIpc) is 3.14. The van der Waals surface area contributed by atoms with Gasteiger partial charge in [0.15, 0.2) is 0 Å². The van der Waals surface area contributed by atoms with Crippen LogP contribution in [0.25, 0.3) is 0 Å². The van der Waals surface area contributed by atoms with Crippen LogP contribution in [0, 0.1) is 46.3 Å². The van der Waals surface area contributed by atoms with Crippen LogP contribution in [0.5, 0.6) is 0 Å². The average molecular weight is 496 g/mol. The van der Waals surface area contributed by atoms with Gasteiger partial charge in [-0.15, -0.1) is 0 Å². The molecule has 194 valence electrons. The van der Waals surface area contributed by atoms with Gasteiger partial charge in [0.2, 0.25) is 5.91 Å². The Labute approximate surface area is 210 Å². The molecule has 0 spiro atoms. The van der Waals surface area contributed by atoms with E-state index in [0.29, 0.717) is 36.0 Å². The molecule has 0 radical (unpaired) electrons. The summed E-state index contributed by atoms with van der Waals surface area (Å²) in [5.74, 6) is 1.84. The molecule has 0 aliphatic heterocycles. The second-order valence-electron chi connectivity index (χ2n) is 12.6. The number of hydrogen-bond acceptors (Lipinski definition) is 5. The number of thiol groups is 1. The molecule has 4 aliphatic rings. The number of hydrogen-bond donors (Lipinski definition) is 5. The Hall–Kier alpha value is -0.790. The first-order chi connectivity index (χ1) is 16.0. The molecule has 4 N–H and O–H groups in total. The predicted molar refractivity (Wildman–Crippen MR) is 134 cm³/mol. The molecule has 0 bridgehead atoms. The largest absolute Gasteiger partial charge is 0.480 e. The van der Waals surface area contributed by atoms with Crippen LogP contribution in [0.4, 0.5) is 0 Å². The molecule has 0 aromatic heterocycles. The molecule has 11 unspecified atom stereocenters. The molecule has 0 aromatic rings. The van der Waals surface area contributed by atoms with Crippen LogP contribution in [0.15, 0.2) is 0 Å². The number of carboxylic acid groups (broad SMARTS) is 1. The molecular weight excluding hydrogens is 450 g/mol. The van der Waals surface area contributed by atoms with Crippen molar-refractivity contribution in [2.24, 2.45) is 46.3 Å². The van der Waals surface area contributed by atoms with Gasteiger partial charge in [-0.25, -0.2) is 4.79 Å². The van der Waals surface area contributed by atoms with Crippen LogP contribution in [-0.2, 0) is 9.59 Å². The number of rotatable bonds is 7. The van der Waals surface area contributed by atoms with Gasteiger partial charge in [0.05, 0.1) is 12.2 Å². The first-order valence-corrected chi connectivity index (χ1v) is 14.1.